The molecule has 2 aromatic carbocycles. The van der Waals surface area contributed by atoms with Crippen molar-refractivity contribution in [3.63, 3.8) is 0 Å². The molecule has 0 unspecified atom stereocenters. The number of carbonyl (C=O) groups is 1. The summed E-state index contributed by atoms with van der Waals surface area (Å²) in [6, 6.07) is 10.5. The van der Waals surface area contributed by atoms with Crippen molar-refractivity contribution in [3.05, 3.63) is 59.1 Å². The summed E-state index contributed by atoms with van der Waals surface area (Å²) in [5, 5.41) is 3.00. The van der Waals surface area contributed by atoms with Crippen LogP contribution in [-0.2, 0) is 0 Å². The molecule has 1 heterocycles. The molecule has 0 aliphatic rings. The van der Waals surface area contributed by atoms with E-state index in [4.69, 9.17) is 4.74 Å². The molecule has 0 fully saturated rings. The summed E-state index contributed by atoms with van der Waals surface area (Å²) >= 11 is 1.31. The number of nitrogens with one attached hydrogen (secondary N) is 1. The molecule has 7 heteroatoms. The zero-order chi connectivity index (χ0) is 17.6. The minimum Gasteiger partial charge on any atom is -0.478 e. The Morgan fingerprint density at radius 2 is 2.04 bits per heavy atom. The van der Waals surface area contributed by atoms with Gasteiger partial charge in [-0.2, -0.15) is 0 Å². The van der Waals surface area contributed by atoms with Crippen LogP contribution in [0.1, 0.15) is 9.80 Å². The lowest BCUT2D eigenvalue weighted by molar-refractivity contribution is 0.0958. The van der Waals surface area contributed by atoms with Gasteiger partial charge >= 0.3 is 0 Å². The Morgan fingerprint density at radius 1 is 1.20 bits per heavy atom. The SMILES string of the molecule is O=C(NCC#CCOc1ccc(F)cc1F)c1nc2ccccc2s1. The van der Waals surface area contributed by atoms with Crippen molar-refractivity contribution in [1.29, 1.82) is 0 Å². The molecule has 1 N–H and O–H groups in total. The number of hydrogen-bond donors (Lipinski definition) is 1. The highest BCUT2D eigenvalue weighted by Crippen LogP contribution is 2.21. The van der Waals surface area contributed by atoms with Crippen LogP contribution in [-0.4, -0.2) is 24.0 Å². The Morgan fingerprint density at radius 3 is 2.84 bits per heavy atom. The van der Waals surface area contributed by atoms with Gasteiger partial charge in [0.25, 0.3) is 5.91 Å². The molecule has 1 aromatic heterocycles. The zero-order valence-corrected chi connectivity index (χ0v) is 13.7. The van der Waals surface area contributed by atoms with E-state index < -0.39 is 11.6 Å². The van der Waals surface area contributed by atoms with Crippen LogP contribution in [0.15, 0.2) is 42.5 Å². The molecule has 0 spiro atoms. The smallest absolute Gasteiger partial charge is 0.281 e. The van der Waals surface area contributed by atoms with Gasteiger partial charge in [-0.05, 0) is 24.3 Å². The van der Waals surface area contributed by atoms with Gasteiger partial charge in [0.2, 0.25) is 0 Å². The Bertz CT molecular complexity index is 943. The molecule has 0 radical (unpaired) electrons. The highest BCUT2D eigenvalue weighted by molar-refractivity contribution is 7.20. The third-order valence-corrected chi connectivity index (χ3v) is 4.18. The molecule has 4 nitrogen and oxygen atoms in total. The number of aromatic nitrogens is 1. The summed E-state index contributed by atoms with van der Waals surface area (Å²) in [6.07, 6.45) is 0. The molecule has 3 aromatic rings. The molecule has 3 rings (SSSR count). The molecule has 0 atom stereocenters. The molecular formula is C18H12F2N2O2S. The van der Waals surface area contributed by atoms with E-state index in [-0.39, 0.29) is 24.8 Å². The van der Waals surface area contributed by atoms with Gasteiger partial charge < -0.3 is 10.1 Å². The second kappa shape index (κ2) is 7.73. The first-order chi connectivity index (χ1) is 12.1. The quantitative estimate of drug-likeness (QED) is 0.728. The third-order valence-electron chi connectivity index (χ3n) is 3.14. The number of amides is 1. The van der Waals surface area contributed by atoms with E-state index >= 15 is 0 Å². The van der Waals surface area contributed by atoms with Gasteiger partial charge in [-0.3, -0.25) is 4.79 Å². The predicted octanol–water partition coefficient (Wildman–Crippen LogP) is 3.39. The molecule has 0 saturated heterocycles. The third kappa shape index (κ3) is 4.31. The lowest BCUT2D eigenvalue weighted by Gasteiger charge is -2.02. The fourth-order valence-electron chi connectivity index (χ4n) is 1.99. The van der Waals surface area contributed by atoms with Crippen molar-refractivity contribution in [3.8, 4) is 17.6 Å². The number of ether oxygens (including phenoxy) is 1. The summed E-state index contributed by atoms with van der Waals surface area (Å²) < 4.78 is 32.1. The van der Waals surface area contributed by atoms with Crippen LogP contribution in [0.25, 0.3) is 10.2 Å². The highest BCUT2D eigenvalue weighted by Gasteiger charge is 2.10. The van der Waals surface area contributed by atoms with Gasteiger partial charge in [-0.25, -0.2) is 13.8 Å². The molecule has 0 aliphatic heterocycles. The van der Waals surface area contributed by atoms with Crippen LogP contribution >= 0.6 is 11.3 Å². The number of rotatable bonds is 4. The van der Waals surface area contributed by atoms with E-state index in [2.05, 4.69) is 22.1 Å². The summed E-state index contributed by atoms with van der Waals surface area (Å²) in [5.41, 5.74) is 0.776. The van der Waals surface area contributed by atoms with Crippen LogP contribution in [0.5, 0.6) is 5.75 Å². The second-order valence-corrected chi connectivity index (χ2v) is 5.92. The average molecular weight is 358 g/mol. The molecule has 0 bridgehead atoms. The maximum Gasteiger partial charge on any atom is 0.281 e. The molecule has 25 heavy (non-hydrogen) atoms. The van der Waals surface area contributed by atoms with E-state index in [1.54, 1.807) is 0 Å². The van der Waals surface area contributed by atoms with Crippen LogP contribution in [0, 0.1) is 23.5 Å². The number of nitrogens with zero attached hydrogens (tertiary/aromatic N) is 1. The fraction of sp³-hybridized carbons (Fsp3) is 0.111. The summed E-state index contributed by atoms with van der Waals surface area (Å²) in [6.45, 7) is 0.0452. The standard InChI is InChI=1S/C18H12F2N2O2S/c19-12-7-8-15(13(20)11-12)24-10-4-3-9-21-17(23)18-22-14-5-1-2-6-16(14)25-18/h1-2,5-8,11H,9-10H2,(H,21,23). The van der Waals surface area contributed by atoms with Crippen molar-refractivity contribution in [2.45, 2.75) is 0 Å². The predicted molar refractivity (Wildman–Crippen MR) is 91.6 cm³/mol. The van der Waals surface area contributed by atoms with Gasteiger partial charge in [-0.15, -0.1) is 11.3 Å². The van der Waals surface area contributed by atoms with Crippen LogP contribution in [0.2, 0.25) is 0 Å². The Balaban J connectivity index is 1.48. The highest BCUT2D eigenvalue weighted by atomic mass is 32.1. The number of carbonyl (C=O) groups excluding carboxylic acids is 1. The summed E-state index contributed by atoms with van der Waals surface area (Å²) in [5.74, 6) is 3.50. The molecule has 1 amide bonds. The summed E-state index contributed by atoms with van der Waals surface area (Å²) in [7, 11) is 0. The molecule has 0 saturated carbocycles. The van der Waals surface area contributed by atoms with E-state index in [9.17, 15) is 13.6 Å². The van der Waals surface area contributed by atoms with Crippen molar-refractivity contribution in [2.75, 3.05) is 13.2 Å². The maximum absolute atomic E-state index is 13.3. The Kier molecular flexibility index (Phi) is 5.21. The van der Waals surface area contributed by atoms with Gasteiger partial charge in [0.1, 0.15) is 12.4 Å². The minimum atomic E-state index is -0.786. The van der Waals surface area contributed by atoms with Crippen molar-refractivity contribution < 1.29 is 18.3 Å². The van der Waals surface area contributed by atoms with Crippen molar-refractivity contribution in [2.24, 2.45) is 0 Å². The first-order valence-electron chi connectivity index (χ1n) is 7.31. The summed E-state index contributed by atoms with van der Waals surface area (Å²) in [4.78, 5) is 16.2. The molecular weight excluding hydrogens is 346 g/mol. The van der Waals surface area contributed by atoms with E-state index in [0.29, 0.717) is 5.01 Å². The van der Waals surface area contributed by atoms with Crippen LogP contribution in [0.3, 0.4) is 0 Å². The number of benzene rings is 2. The Hall–Kier alpha value is -2.98. The zero-order valence-electron chi connectivity index (χ0n) is 12.9. The number of para-hydroxylation sites is 1. The Labute approximate surface area is 146 Å². The lowest BCUT2D eigenvalue weighted by Crippen LogP contribution is -2.23. The lowest BCUT2D eigenvalue weighted by atomic mass is 10.3. The van der Waals surface area contributed by atoms with Gasteiger partial charge in [0.15, 0.2) is 16.6 Å². The van der Waals surface area contributed by atoms with Crippen molar-refractivity contribution >= 4 is 27.5 Å². The monoisotopic (exact) mass is 358 g/mol. The minimum absolute atomic E-state index is 0.0699. The number of hydrogen-bond acceptors (Lipinski definition) is 4. The van der Waals surface area contributed by atoms with E-state index in [1.807, 2.05) is 24.3 Å². The van der Waals surface area contributed by atoms with Gasteiger partial charge in [-0.1, -0.05) is 24.0 Å². The van der Waals surface area contributed by atoms with E-state index in [1.165, 1.54) is 17.4 Å². The van der Waals surface area contributed by atoms with Crippen LogP contribution < -0.4 is 10.1 Å². The second-order valence-electron chi connectivity index (χ2n) is 4.89. The van der Waals surface area contributed by atoms with Gasteiger partial charge in [0, 0.05) is 6.07 Å². The number of fused-ring (bicyclic) bond motifs is 1. The topological polar surface area (TPSA) is 51.2 Å². The normalized spacial score (nSPS) is 10.2. The average Bonchev–Trinajstić information content (AvgIpc) is 3.03. The molecule has 0 aliphatic carbocycles. The first-order valence-corrected chi connectivity index (χ1v) is 8.12. The number of halogens is 2. The molecule has 126 valence electrons. The first kappa shape index (κ1) is 16.9. The largest absolute Gasteiger partial charge is 0.478 e. The fourth-order valence-corrected chi connectivity index (χ4v) is 2.87. The van der Waals surface area contributed by atoms with Crippen LogP contribution in [0.4, 0.5) is 8.78 Å². The van der Waals surface area contributed by atoms with E-state index in [0.717, 1.165) is 22.3 Å². The maximum atomic E-state index is 13.3. The van der Waals surface area contributed by atoms with Crippen molar-refractivity contribution in [1.82, 2.24) is 10.3 Å². The van der Waals surface area contributed by atoms with Gasteiger partial charge in [0.05, 0.1) is 16.8 Å². The number of thiazole rings is 1.